The maximum atomic E-state index is 12.6. The zero-order chi connectivity index (χ0) is 15.5. The van der Waals surface area contributed by atoms with E-state index in [9.17, 15) is 9.59 Å². The SMILES string of the molecule is CC1(C)CCN(C(=O)c2ncccc2/C=C/C(=O)O)CC1. The third-order valence-corrected chi connectivity index (χ3v) is 3.85. The summed E-state index contributed by atoms with van der Waals surface area (Å²) in [7, 11) is 0. The molecule has 5 nitrogen and oxygen atoms in total. The van der Waals surface area contributed by atoms with Gasteiger partial charge in [-0.2, -0.15) is 0 Å². The Hall–Kier alpha value is -2.17. The number of piperidine rings is 1. The fourth-order valence-corrected chi connectivity index (χ4v) is 2.36. The number of likely N-dealkylation sites (tertiary alicyclic amines) is 1. The summed E-state index contributed by atoms with van der Waals surface area (Å²) in [5.41, 5.74) is 1.12. The van der Waals surface area contributed by atoms with E-state index in [1.54, 1.807) is 23.2 Å². The summed E-state index contributed by atoms with van der Waals surface area (Å²) in [5, 5.41) is 8.71. The molecule has 1 aromatic heterocycles. The Labute approximate surface area is 124 Å². The first-order valence-electron chi connectivity index (χ1n) is 7.04. The highest BCUT2D eigenvalue weighted by molar-refractivity contribution is 5.97. The molecule has 0 spiro atoms. The third-order valence-electron chi connectivity index (χ3n) is 3.85. The second-order valence-corrected chi connectivity index (χ2v) is 6.07. The number of carboxylic acids is 1. The van der Waals surface area contributed by atoms with Crippen molar-refractivity contribution in [1.29, 1.82) is 0 Å². The molecule has 5 heteroatoms. The molecule has 1 aliphatic rings. The van der Waals surface area contributed by atoms with Gasteiger partial charge in [0.1, 0.15) is 5.69 Å². The van der Waals surface area contributed by atoms with Crippen molar-refractivity contribution in [2.24, 2.45) is 5.41 Å². The second-order valence-electron chi connectivity index (χ2n) is 6.07. The molecule has 0 saturated carbocycles. The van der Waals surface area contributed by atoms with Crippen molar-refractivity contribution in [2.75, 3.05) is 13.1 Å². The van der Waals surface area contributed by atoms with E-state index in [-0.39, 0.29) is 11.3 Å². The summed E-state index contributed by atoms with van der Waals surface area (Å²) in [4.78, 5) is 29.1. The van der Waals surface area contributed by atoms with Gasteiger partial charge in [0, 0.05) is 30.9 Å². The molecule has 0 aromatic carbocycles. The number of amides is 1. The van der Waals surface area contributed by atoms with Gasteiger partial charge in [0.05, 0.1) is 0 Å². The van der Waals surface area contributed by atoms with Crippen molar-refractivity contribution in [2.45, 2.75) is 26.7 Å². The fraction of sp³-hybridized carbons (Fsp3) is 0.438. The normalized spacial score (nSPS) is 17.9. The van der Waals surface area contributed by atoms with Crippen LogP contribution in [0.4, 0.5) is 0 Å². The zero-order valence-corrected chi connectivity index (χ0v) is 12.4. The van der Waals surface area contributed by atoms with Crippen LogP contribution in [0.5, 0.6) is 0 Å². The van der Waals surface area contributed by atoms with Gasteiger partial charge in [-0.05, 0) is 30.4 Å². The molecule has 1 saturated heterocycles. The Morgan fingerprint density at radius 3 is 2.62 bits per heavy atom. The highest BCUT2D eigenvalue weighted by atomic mass is 16.4. The van der Waals surface area contributed by atoms with Gasteiger partial charge in [-0.15, -0.1) is 0 Å². The molecule has 1 fully saturated rings. The quantitative estimate of drug-likeness (QED) is 0.867. The lowest BCUT2D eigenvalue weighted by atomic mass is 9.82. The number of rotatable bonds is 3. The Morgan fingerprint density at radius 1 is 1.33 bits per heavy atom. The van der Waals surface area contributed by atoms with Crippen LogP contribution in [0.25, 0.3) is 6.08 Å². The lowest BCUT2D eigenvalue weighted by molar-refractivity contribution is -0.131. The van der Waals surface area contributed by atoms with Crippen LogP contribution in [0, 0.1) is 5.41 Å². The summed E-state index contributed by atoms with van der Waals surface area (Å²) in [6, 6.07) is 3.39. The lowest BCUT2D eigenvalue weighted by Crippen LogP contribution is -2.41. The average molecular weight is 288 g/mol. The van der Waals surface area contributed by atoms with E-state index in [0.29, 0.717) is 24.3 Å². The van der Waals surface area contributed by atoms with Gasteiger partial charge < -0.3 is 10.0 Å². The zero-order valence-electron chi connectivity index (χ0n) is 12.4. The summed E-state index contributed by atoms with van der Waals surface area (Å²) >= 11 is 0. The molecule has 21 heavy (non-hydrogen) atoms. The van der Waals surface area contributed by atoms with Gasteiger partial charge in [0.2, 0.25) is 0 Å². The Bertz CT molecular complexity index is 569. The molecule has 0 radical (unpaired) electrons. The van der Waals surface area contributed by atoms with Crippen LogP contribution in [-0.4, -0.2) is 40.0 Å². The highest BCUT2D eigenvalue weighted by Gasteiger charge is 2.29. The number of carbonyl (C=O) groups is 2. The van der Waals surface area contributed by atoms with E-state index in [4.69, 9.17) is 5.11 Å². The predicted molar refractivity (Wildman–Crippen MR) is 79.8 cm³/mol. The number of hydrogen-bond donors (Lipinski definition) is 1. The van der Waals surface area contributed by atoms with E-state index in [1.165, 1.54) is 6.08 Å². The van der Waals surface area contributed by atoms with Gasteiger partial charge in [-0.1, -0.05) is 19.9 Å². The van der Waals surface area contributed by atoms with Gasteiger partial charge >= 0.3 is 5.97 Å². The number of nitrogens with zero attached hydrogens (tertiary/aromatic N) is 2. The Kier molecular flexibility index (Phi) is 4.40. The lowest BCUT2D eigenvalue weighted by Gasteiger charge is -2.36. The summed E-state index contributed by atoms with van der Waals surface area (Å²) in [6.45, 7) is 5.84. The van der Waals surface area contributed by atoms with Crippen LogP contribution in [0.1, 0.15) is 42.7 Å². The van der Waals surface area contributed by atoms with Gasteiger partial charge in [0.25, 0.3) is 5.91 Å². The largest absolute Gasteiger partial charge is 0.478 e. The minimum absolute atomic E-state index is 0.129. The monoisotopic (exact) mass is 288 g/mol. The van der Waals surface area contributed by atoms with Crippen molar-refractivity contribution in [3.63, 3.8) is 0 Å². The molecule has 2 rings (SSSR count). The number of carboxylic acid groups (broad SMARTS) is 1. The Balaban J connectivity index is 2.18. The van der Waals surface area contributed by atoms with Crippen molar-refractivity contribution in [3.8, 4) is 0 Å². The minimum atomic E-state index is -1.04. The second kappa shape index (κ2) is 6.08. The van der Waals surface area contributed by atoms with Crippen LogP contribution in [0.3, 0.4) is 0 Å². The van der Waals surface area contributed by atoms with Gasteiger partial charge in [-0.25, -0.2) is 4.79 Å². The summed E-state index contributed by atoms with van der Waals surface area (Å²) in [6.07, 6.45) is 5.92. The van der Waals surface area contributed by atoms with E-state index < -0.39 is 5.97 Å². The number of aliphatic carboxylic acids is 1. The summed E-state index contributed by atoms with van der Waals surface area (Å²) in [5.74, 6) is -1.17. The first-order valence-corrected chi connectivity index (χ1v) is 7.04. The van der Waals surface area contributed by atoms with Gasteiger partial charge in [0.15, 0.2) is 0 Å². The molecule has 1 aliphatic heterocycles. The molecule has 1 N–H and O–H groups in total. The standard InChI is InChI=1S/C16H20N2O3/c1-16(2)7-10-18(11-8-16)15(21)14-12(4-3-9-17-14)5-6-13(19)20/h3-6,9H,7-8,10-11H2,1-2H3,(H,19,20)/b6-5+. The van der Waals surface area contributed by atoms with E-state index in [1.807, 2.05) is 0 Å². The molecule has 1 amide bonds. The Morgan fingerprint density at radius 2 is 2.00 bits per heavy atom. The number of aromatic nitrogens is 1. The third kappa shape index (κ3) is 3.90. The molecule has 0 bridgehead atoms. The highest BCUT2D eigenvalue weighted by Crippen LogP contribution is 2.30. The molecule has 0 unspecified atom stereocenters. The molecule has 2 heterocycles. The van der Waals surface area contributed by atoms with Crippen LogP contribution >= 0.6 is 0 Å². The summed E-state index contributed by atoms with van der Waals surface area (Å²) < 4.78 is 0. The predicted octanol–water partition coefficient (Wildman–Crippen LogP) is 2.44. The molecule has 1 aromatic rings. The van der Waals surface area contributed by atoms with Crippen molar-refractivity contribution in [3.05, 3.63) is 35.7 Å². The molecular formula is C16H20N2O3. The maximum absolute atomic E-state index is 12.6. The fourth-order valence-electron chi connectivity index (χ4n) is 2.36. The average Bonchev–Trinajstić information content (AvgIpc) is 2.44. The molecule has 0 aliphatic carbocycles. The van der Waals surface area contributed by atoms with Gasteiger partial charge in [-0.3, -0.25) is 9.78 Å². The van der Waals surface area contributed by atoms with Crippen LogP contribution in [-0.2, 0) is 4.79 Å². The van der Waals surface area contributed by atoms with Crippen molar-refractivity contribution in [1.82, 2.24) is 9.88 Å². The number of pyridine rings is 1. The smallest absolute Gasteiger partial charge is 0.328 e. The molecule has 112 valence electrons. The van der Waals surface area contributed by atoms with Crippen LogP contribution in [0.15, 0.2) is 24.4 Å². The topological polar surface area (TPSA) is 70.5 Å². The first-order chi connectivity index (χ1) is 9.89. The minimum Gasteiger partial charge on any atom is -0.478 e. The molecule has 0 atom stereocenters. The number of carbonyl (C=O) groups excluding carboxylic acids is 1. The van der Waals surface area contributed by atoms with E-state index in [0.717, 1.165) is 18.9 Å². The van der Waals surface area contributed by atoms with E-state index >= 15 is 0 Å². The van der Waals surface area contributed by atoms with Crippen LogP contribution in [0.2, 0.25) is 0 Å². The maximum Gasteiger partial charge on any atom is 0.328 e. The molecular weight excluding hydrogens is 268 g/mol. The van der Waals surface area contributed by atoms with Crippen LogP contribution < -0.4 is 0 Å². The van der Waals surface area contributed by atoms with E-state index in [2.05, 4.69) is 18.8 Å². The van der Waals surface area contributed by atoms with Crippen molar-refractivity contribution >= 4 is 18.0 Å². The first kappa shape index (κ1) is 15.2. The number of hydrogen-bond acceptors (Lipinski definition) is 3. The van der Waals surface area contributed by atoms with Crippen molar-refractivity contribution < 1.29 is 14.7 Å².